The summed E-state index contributed by atoms with van der Waals surface area (Å²) in [4.78, 5) is 16.3. The average molecular weight is 318 g/mol. The third kappa shape index (κ3) is 5.25. The molecule has 2 amide bonds. The Bertz CT molecular complexity index is 651. The minimum absolute atomic E-state index is 0.257. The molecule has 23 heavy (non-hydrogen) atoms. The molecule has 1 atom stereocenters. The van der Waals surface area contributed by atoms with Crippen molar-refractivity contribution in [2.75, 3.05) is 13.1 Å². The molecule has 0 bridgehead atoms. The summed E-state index contributed by atoms with van der Waals surface area (Å²) in [6, 6.07) is 3.76. The van der Waals surface area contributed by atoms with Gasteiger partial charge in [0.05, 0.1) is 11.8 Å². The first-order chi connectivity index (χ1) is 11.0. The molecule has 2 rings (SSSR count). The van der Waals surface area contributed by atoms with Crippen LogP contribution in [0, 0.1) is 12.8 Å². The van der Waals surface area contributed by atoms with Crippen LogP contribution in [-0.2, 0) is 6.42 Å². The largest absolute Gasteiger partial charge is 0.391 e. The molecule has 0 saturated heterocycles. The molecule has 0 radical (unpaired) electrons. The van der Waals surface area contributed by atoms with Gasteiger partial charge in [0.2, 0.25) is 0 Å². The van der Waals surface area contributed by atoms with Crippen molar-refractivity contribution in [1.29, 1.82) is 0 Å². The number of aromatic nitrogens is 2. The molecule has 6 nitrogen and oxygen atoms in total. The van der Waals surface area contributed by atoms with E-state index < -0.39 is 6.10 Å². The van der Waals surface area contributed by atoms with E-state index in [9.17, 15) is 9.90 Å². The van der Waals surface area contributed by atoms with Gasteiger partial charge in [0.1, 0.15) is 5.65 Å². The summed E-state index contributed by atoms with van der Waals surface area (Å²) in [6.45, 7) is 6.90. The van der Waals surface area contributed by atoms with Gasteiger partial charge in [-0.05, 0) is 30.9 Å². The summed E-state index contributed by atoms with van der Waals surface area (Å²) in [7, 11) is 0. The van der Waals surface area contributed by atoms with Gasteiger partial charge in [-0.15, -0.1) is 0 Å². The first-order valence-electron chi connectivity index (χ1n) is 8.08. The standard InChI is InChI=1S/C17H26N4O2/c1-12(2)9-15(22)10-19-17(23)18-7-6-14-11-21-8-4-5-13(3)16(21)20-14/h4-5,8,11-12,15,22H,6-7,9-10H2,1-3H3,(H2,18,19,23). The molecule has 0 spiro atoms. The molecule has 0 aromatic carbocycles. The number of nitrogens with one attached hydrogen (secondary N) is 2. The van der Waals surface area contributed by atoms with E-state index in [1.54, 1.807) is 0 Å². The van der Waals surface area contributed by atoms with Crippen molar-refractivity contribution in [2.24, 2.45) is 5.92 Å². The van der Waals surface area contributed by atoms with Crippen LogP contribution in [0.25, 0.3) is 5.65 Å². The van der Waals surface area contributed by atoms with Crippen LogP contribution >= 0.6 is 0 Å². The van der Waals surface area contributed by atoms with E-state index in [1.165, 1.54) is 0 Å². The molecular weight excluding hydrogens is 292 g/mol. The van der Waals surface area contributed by atoms with E-state index in [2.05, 4.69) is 15.6 Å². The van der Waals surface area contributed by atoms with Crippen molar-refractivity contribution in [2.45, 2.75) is 39.7 Å². The molecular formula is C17H26N4O2. The van der Waals surface area contributed by atoms with E-state index in [0.29, 0.717) is 25.3 Å². The lowest BCUT2D eigenvalue weighted by Crippen LogP contribution is -2.40. The lowest BCUT2D eigenvalue weighted by atomic mass is 10.1. The second-order valence-corrected chi connectivity index (χ2v) is 6.32. The Morgan fingerprint density at radius 2 is 2.17 bits per heavy atom. The van der Waals surface area contributed by atoms with Crippen molar-refractivity contribution < 1.29 is 9.90 Å². The molecule has 2 aromatic heterocycles. The molecule has 2 heterocycles. The second kappa shape index (κ2) is 7.97. The number of amides is 2. The smallest absolute Gasteiger partial charge is 0.314 e. The first-order valence-corrected chi connectivity index (χ1v) is 8.08. The number of urea groups is 1. The Morgan fingerprint density at radius 3 is 2.87 bits per heavy atom. The fraction of sp³-hybridized carbons (Fsp3) is 0.529. The van der Waals surface area contributed by atoms with Gasteiger partial charge >= 0.3 is 6.03 Å². The maximum Gasteiger partial charge on any atom is 0.314 e. The molecule has 6 heteroatoms. The monoisotopic (exact) mass is 318 g/mol. The van der Waals surface area contributed by atoms with Crippen LogP contribution in [0.15, 0.2) is 24.5 Å². The van der Waals surface area contributed by atoms with Gasteiger partial charge in [-0.2, -0.15) is 0 Å². The van der Waals surface area contributed by atoms with Crippen molar-refractivity contribution in [3.63, 3.8) is 0 Å². The zero-order valence-corrected chi connectivity index (χ0v) is 14.0. The predicted molar refractivity (Wildman–Crippen MR) is 90.5 cm³/mol. The number of carbonyl (C=O) groups is 1. The number of rotatable bonds is 7. The van der Waals surface area contributed by atoms with Crippen molar-refractivity contribution in [1.82, 2.24) is 20.0 Å². The summed E-state index contributed by atoms with van der Waals surface area (Å²) in [6.07, 6.45) is 4.80. The second-order valence-electron chi connectivity index (χ2n) is 6.32. The number of nitrogens with zero attached hydrogens (tertiary/aromatic N) is 2. The van der Waals surface area contributed by atoms with Gasteiger partial charge in [-0.3, -0.25) is 0 Å². The van der Waals surface area contributed by atoms with Gasteiger partial charge in [0, 0.05) is 31.9 Å². The summed E-state index contributed by atoms with van der Waals surface area (Å²) in [5, 5.41) is 15.2. The van der Waals surface area contributed by atoms with Crippen LogP contribution in [0.5, 0.6) is 0 Å². The summed E-state index contributed by atoms with van der Waals surface area (Å²) in [5.41, 5.74) is 3.02. The van der Waals surface area contributed by atoms with Crippen LogP contribution in [-0.4, -0.2) is 39.7 Å². The number of aliphatic hydroxyl groups is 1. The minimum Gasteiger partial charge on any atom is -0.391 e. The molecule has 3 N–H and O–H groups in total. The molecule has 0 saturated carbocycles. The SMILES string of the molecule is Cc1cccn2cc(CCNC(=O)NCC(O)CC(C)C)nc12. The Hall–Kier alpha value is -2.08. The highest BCUT2D eigenvalue weighted by atomic mass is 16.3. The number of carbonyl (C=O) groups excluding carboxylic acids is 1. The molecule has 126 valence electrons. The maximum atomic E-state index is 11.7. The van der Waals surface area contributed by atoms with Gasteiger partial charge in [-0.1, -0.05) is 19.9 Å². The van der Waals surface area contributed by atoms with E-state index in [4.69, 9.17) is 0 Å². The topological polar surface area (TPSA) is 78.7 Å². The van der Waals surface area contributed by atoms with Crippen LogP contribution in [0.1, 0.15) is 31.5 Å². The van der Waals surface area contributed by atoms with Crippen LogP contribution in [0.3, 0.4) is 0 Å². The Balaban J connectivity index is 1.73. The molecule has 0 aliphatic carbocycles. The highest BCUT2D eigenvalue weighted by Crippen LogP contribution is 2.10. The molecule has 0 aliphatic heterocycles. The lowest BCUT2D eigenvalue weighted by Gasteiger charge is -2.14. The number of fused-ring (bicyclic) bond motifs is 1. The normalized spacial score (nSPS) is 12.6. The third-order valence-corrected chi connectivity index (χ3v) is 3.64. The fourth-order valence-corrected chi connectivity index (χ4v) is 2.53. The zero-order chi connectivity index (χ0) is 16.8. The third-order valence-electron chi connectivity index (χ3n) is 3.64. The zero-order valence-electron chi connectivity index (χ0n) is 14.0. The maximum absolute atomic E-state index is 11.7. The van der Waals surface area contributed by atoms with Crippen LogP contribution in [0.2, 0.25) is 0 Å². The van der Waals surface area contributed by atoms with E-state index in [0.717, 1.165) is 16.9 Å². The summed E-state index contributed by atoms with van der Waals surface area (Å²) < 4.78 is 1.99. The Morgan fingerprint density at radius 1 is 1.39 bits per heavy atom. The highest BCUT2D eigenvalue weighted by Gasteiger charge is 2.09. The summed E-state index contributed by atoms with van der Waals surface area (Å²) in [5.74, 6) is 0.411. The van der Waals surface area contributed by atoms with Crippen molar-refractivity contribution in [3.05, 3.63) is 35.8 Å². The van der Waals surface area contributed by atoms with Crippen molar-refractivity contribution in [3.8, 4) is 0 Å². The minimum atomic E-state index is -0.498. The number of hydrogen-bond acceptors (Lipinski definition) is 3. The van der Waals surface area contributed by atoms with Gasteiger partial charge < -0.3 is 20.1 Å². The lowest BCUT2D eigenvalue weighted by molar-refractivity contribution is 0.147. The molecule has 1 unspecified atom stereocenters. The molecule has 2 aromatic rings. The molecule has 0 aliphatic rings. The number of imidazole rings is 1. The number of pyridine rings is 1. The predicted octanol–water partition coefficient (Wildman–Crippen LogP) is 1.89. The molecule has 0 fully saturated rings. The van der Waals surface area contributed by atoms with Gasteiger partial charge in [0.15, 0.2) is 0 Å². The number of aryl methyl sites for hydroxylation is 1. The van der Waals surface area contributed by atoms with E-state index >= 15 is 0 Å². The number of aliphatic hydroxyl groups excluding tert-OH is 1. The quantitative estimate of drug-likeness (QED) is 0.729. The van der Waals surface area contributed by atoms with E-state index in [-0.39, 0.29) is 12.6 Å². The Labute approximate surface area is 136 Å². The summed E-state index contributed by atoms with van der Waals surface area (Å²) >= 11 is 0. The van der Waals surface area contributed by atoms with Crippen LogP contribution in [0.4, 0.5) is 4.79 Å². The van der Waals surface area contributed by atoms with Gasteiger partial charge in [-0.25, -0.2) is 9.78 Å². The highest BCUT2D eigenvalue weighted by molar-refractivity contribution is 5.73. The number of hydrogen-bond donors (Lipinski definition) is 3. The van der Waals surface area contributed by atoms with Crippen molar-refractivity contribution >= 4 is 11.7 Å². The average Bonchev–Trinajstić information content (AvgIpc) is 2.89. The Kier molecular flexibility index (Phi) is 5.98. The van der Waals surface area contributed by atoms with Crippen LogP contribution < -0.4 is 10.6 Å². The van der Waals surface area contributed by atoms with E-state index in [1.807, 2.05) is 49.7 Å². The van der Waals surface area contributed by atoms with Gasteiger partial charge in [0.25, 0.3) is 0 Å². The fourth-order valence-electron chi connectivity index (χ4n) is 2.53. The first kappa shape index (κ1) is 17.3.